The average molecular weight is 160 g/mol. The van der Waals surface area contributed by atoms with E-state index in [4.69, 9.17) is 10.9 Å². The van der Waals surface area contributed by atoms with Crippen LogP contribution in [-0.4, -0.2) is 21.5 Å². The predicted molar refractivity (Wildman–Crippen MR) is 43.5 cm³/mol. The van der Waals surface area contributed by atoms with Crippen molar-refractivity contribution in [1.29, 1.82) is 0 Å². The summed E-state index contributed by atoms with van der Waals surface area (Å²) in [6.45, 7) is 2.01. The molecular weight excluding hydrogens is 148 g/mol. The predicted octanol–water partition coefficient (Wildman–Crippen LogP) is 1.02. The number of amidine groups is 1. The summed E-state index contributed by atoms with van der Waals surface area (Å²) in [6, 6.07) is 0. The van der Waals surface area contributed by atoms with Gasteiger partial charge in [0, 0.05) is 0 Å². The second-order valence-electron chi connectivity index (χ2n) is 2.67. The van der Waals surface area contributed by atoms with E-state index in [1.165, 1.54) is 0 Å². The highest BCUT2D eigenvalue weighted by Crippen LogP contribution is 2.37. The van der Waals surface area contributed by atoms with Gasteiger partial charge in [0.1, 0.15) is 0 Å². The number of rotatable bonds is 1. The zero-order valence-corrected chi connectivity index (χ0v) is 6.82. The van der Waals surface area contributed by atoms with Crippen molar-refractivity contribution in [1.82, 2.24) is 0 Å². The molecule has 1 fully saturated rings. The van der Waals surface area contributed by atoms with Crippen LogP contribution in [0.15, 0.2) is 5.16 Å². The maximum Gasteiger partial charge on any atom is 0.155 e. The number of hydrogen-bond donors (Lipinski definition) is 2. The number of hydrogen-bond acceptors (Lipinski definition) is 3. The Morgan fingerprint density at radius 1 is 1.80 bits per heavy atom. The third-order valence-electron chi connectivity index (χ3n) is 1.87. The molecule has 10 heavy (non-hydrogen) atoms. The van der Waals surface area contributed by atoms with E-state index in [-0.39, 0.29) is 4.75 Å². The Hall–Kier alpha value is -0.380. The molecular formula is C6H12N2OS. The molecule has 0 aromatic carbocycles. The Bertz CT molecular complexity index is 152. The second-order valence-corrected chi connectivity index (χ2v) is 4.27. The minimum atomic E-state index is -0.102. The van der Waals surface area contributed by atoms with Crippen LogP contribution in [0.4, 0.5) is 0 Å². The van der Waals surface area contributed by atoms with E-state index in [0.717, 1.165) is 18.6 Å². The lowest BCUT2D eigenvalue weighted by molar-refractivity contribution is 0.315. The van der Waals surface area contributed by atoms with Crippen LogP contribution in [0.5, 0.6) is 0 Å². The fourth-order valence-electron chi connectivity index (χ4n) is 1.09. The first-order valence-electron chi connectivity index (χ1n) is 3.31. The molecule has 1 heterocycles. The molecule has 1 rings (SSSR count). The lowest BCUT2D eigenvalue weighted by atomic mass is 10.1. The number of thioether (sulfide) groups is 1. The van der Waals surface area contributed by atoms with Crippen LogP contribution >= 0.6 is 11.8 Å². The van der Waals surface area contributed by atoms with Gasteiger partial charge < -0.3 is 10.9 Å². The number of oxime groups is 1. The first-order valence-corrected chi connectivity index (χ1v) is 4.29. The summed E-state index contributed by atoms with van der Waals surface area (Å²) in [4.78, 5) is 0. The third kappa shape index (κ3) is 1.21. The largest absolute Gasteiger partial charge is 0.409 e. The highest BCUT2D eigenvalue weighted by Gasteiger charge is 2.33. The molecule has 0 radical (unpaired) electrons. The zero-order chi connectivity index (χ0) is 7.61. The average Bonchev–Trinajstić information content (AvgIpc) is 2.36. The van der Waals surface area contributed by atoms with Gasteiger partial charge in [0.15, 0.2) is 5.84 Å². The van der Waals surface area contributed by atoms with Crippen LogP contribution in [0.25, 0.3) is 0 Å². The molecule has 0 bridgehead atoms. The van der Waals surface area contributed by atoms with Crippen molar-refractivity contribution in [3.8, 4) is 0 Å². The van der Waals surface area contributed by atoms with Gasteiger partial charge in [0.25, 0.3) is 0 Å². The van der Waals surface area contributed by atoms with Crippen molar-refractivity contribution >= 4 is 17.6 Å². The van der Waals surface area contributed by atoms with Crippen molar-refractivity contribution in [3.05, 3.63) is 0 Å². The Kier molecular flexibility index (Phi) is 2.08. The van der Waals surface area contributed by atoms with Gasteiger partial charge in [-0.1, -0.05) is 5.16 Å². The summed E-state index contributed by atoms with van der Waals surface area (Å²) >= 11 is 1.76. The lowest BCUT2D eigenvalue weighted by Gasteiger charge is -2.19. The van der Waals surface area contributed by atoms with Crippen molar-refractivity contribution < 1.29 is 5.21 Å². The van der Waals surface area contributed by atoms with Crippen molar-refractivity contribution in [2.45, 2.75) is 24.5 Å². The molecule has 0 spiro atoms. The van der Waals surface area contributed by atoms with Crippen LogP contribution < -0.4 is 5.73 Å². The first-order chi connectivity index (χ1) is 4.69. The van der Waals surface area contributed by atoms with Gasteiger partial charge in [0.2, 0.25) is 0 Å². The molecule has 0 aromatic rings. The smallest absolute Gasteiger partial charge is 0.155 e. The van der Waals surface area contributed by atoms with E-state index >= 15 is 0 Å². The van der Waals surface area contributed by atoms with Gasteiger partial charge >= 0.3 is 0 Å². The van der Waals surface area contributed by atoms with Crippen molar-refractivity contribution in [2.24, 2.45) is 10.9 Å². The molecule has 1 aliphatic rings. The Balaban J connectivity index is 2.67. The molecule has 58 valence electrons. The van der Waals surface area contributed by atoms with E-state index in [2.05, 4.69) is 5.16 Å². The molecule has 0 aliphatic carbocycles. The summed E-state index contributed by atoms with van der Waals surface area (Å²) in [5, 5.41) is 11.4. The minimum Gasteiger partial charge on any atom is -0.409 e. The zero-order valence-electron chi connectivity index (χ0n) is 6.00. The van der Waals surface area contributed by atoms with Gasteiger partial charge in [-0.25, -0.2) is 0 Å². The van der Waals surface area contributed by atoms with Gasteiger partial charge in [0.05, 0.1) is 4.75 Å². The molecule has 1 saturated heterocycles. The van der Waals surface area contributed by atoms with Crippen molar-refractivity contribution in [2.75, 3.05) is 5.75 Å². The maximum atomic E-state index is 8.41. The van der Waals surface area contributed by atoms with Crippen LogP contribution in [0, 0.1) is 0 Å². The Morgan fingerprint density at radius 3 is 2.90 bits per heavy atom. The summed E-state index contributed by atoms with van der Waals surface area (Å²) in [6.07, 6.45) is 2.19. The van der Waals surface area contributed by atoms with Gasteiger partial charge in [-0.05, 0) is 25.5 Å². The second kappa shape index (κ2) is 2.70. The fraction of sp³-hybridized carbons (Fsp3) is 0.833. The van der Waals surface area contributed by atoms with Crippen molar-refractivity contribution in [3.63, 3.8) is 0 Å². The molecule has 3 nitrogen and oxygen atoms in total. The van der Waals surface area contributed by atoms with E-state index in [1.54, 1.807) is 11.8 Å². The quantitative estimate of drug-likeness (QED) is 0.260. The van der Waals surface area contributed by atoms with E-state index in [0.29, 0.717) is 5.84 Å². The normalized spacial score (nSPS) is 34.7. The number of nitrogens with two attached hydrogens (primary N) is 1. The lowest BCUT2D eigenvalue weighted by Crippen LogP contribution is -2.35. The molecule has 1 aliphatic heterocycles. The standard InChI is InChI=1S/C6H12N2OS/c1-6(5(7)8-9)3-2-4-10-6/h9H,2-4H2,1H3,(H2,7,8). The van der Waals surface area contributed by atoms with Gasteiger partial charge in [-0.2, -0.15) is 0 Å². The fourth-order valence-corrected chi connectivity index (χ4v) is 2.30. The maximum absolute atomic E-state index is 8.41. The van der Waals surface area contributed by atoms with E-state index in [9.17, 15) is 0 Å². The highest BCUT2D eigenvalue weighted by atomic mass is 32.2. The van der Waals surface area contributed by atoms with Crippen LogP contribution in [0.1, 0.15) is 19.8 Å². The number of nitrogens with zero attached hydrogens (tertiary/aromatic N) is 1. The molecule has 4 heteroatoms. The molecule has 0 amide bonds. The van der Waals surface area contributed by atoms with E-state index in [1.807, 2.05) is 6.92 Å². The summed E-state index contributed by atoms with van der Waals surface area (Å²) in [5.41, 5.74) is 5.49. The summed E-state index contributed by atoms with van der Waals surface area (Å²) in [7, 11) is 0. The van der Waals surface area contributed by atoms with Gasteiger partial charge in [-0.3, -0.25) is 0 Å². The Labute approximate surface area is 64.7 Å². The SMILES string of the molecule is CC1(/C(N)=N/O)CCCS1. The summed E-state index contributed by atoms with van der Waals surface area (Å²) in [5.74, 6) is 1.47. The molecule has 3 N–H and O–H groups in total. The Morgan fingerprint density at radius 2 is 2.50 bits per heavy atom. The minimum absolute atomic E-state index is 0.102. The molecule has 1 unspecified atom stereocenters. The van der Waals surface area contributed by atoms with Crippen LogP contribution in [0.2, 0.25) is 0 Å². The molecule has 1 atom stereocenters. The van der Waals surface area contributed by atoms with Crippen LogP contribution in [0.3, 0.4) is 0 Å². The molecule has 0 aromatic heterocycles. The molecule has 0 saturated carbocycles. The third-order valence-corrected chi connectivity index (χ3v) is 3.41. The highest BCUT2D eigenvalue weighted by molar-refractivity contribution is 8.01. The van der Waals surface area contributed by atoms with Crippen LogP contribution in [-0.2, 0) is 0 Å². The summed E-state index contributed by atoms with van der Waals surface area (Å²) < 4.78 is -0.102. The first kappa shape index (κ1) is 7.72. The topological polar surface area (TPSA) is 58.6 Å². The van der Waals surface area contributed by atoms with Gasteiger partial charge in [-0.15, -0.1) is 11.8 Å². The van der Waals surface area contributed by atoms with E-state index < -0.39 is 0 Å². The monoisotopic (exact) mass is 160 g/mol.